The molecular formula is C14H18O3. The van der Waals surface area contributed by atoms with Crippen molar-refractivity contribution < 1.29 is 14.2 Å². The summed E-state index contributed by atoms with van der Waals surface area (Å²) in [5.41, 5.74) is 1.79. The average molecular weight is 234 g/mol. The molecule has 0 aliphatic carbocycles. The van der Waals surface area contributed by atoms with Gasteiger partial charge in [0.1, 0.15) is 18.1 Å². The molecule has 0 N–H and O–H groups in total. The normalized spacial score (nSPS) is 9.76. The van der Waals surface area contributed by atoms with Crippen LogP contribution in [0.1, 0.15) is 11.1 Å². The van der Waals surface area contributed by atoms with Crippen molar-refractivity contribution in [3.63, 3.8) is 0 Å². The Kier molecular flexibility index (Phi) is 5.30. The Labute approximate surface area is 102 Å². The molecule has 0 saturated carbocycles. The minimum atomic E-state index is 0.500. The second-order valence-electron chi connectivity index (χ2n) is 3.38. The van der Waals surface area contributed by atoms with E-state index in [1.54, 1.807) is 26.4 Å². The van der Waals surface area contributed by atoms with Crippen LogP contribution in [0.25, 0.3) is 12.2 Å². The third-order valence-corrected chi connectivity index (χ3v) is 2.35. The number of methoxy groups -OCH3 is 2. The Morgan fingerprint density at radius 1 is 1.00 bits per heavy atom. The Morgan fingerprint density at radius 2 is 1.59 bits per heavy atom. The Bertz CT molecular complexity index is 397. The van der Waals surface area contributed by atoms with Crippen molar-refractivity contribution >= 4 is 12.2 Å². The molecule has 0 unspecified atom stereocenters. The zero-order valence-electron chi connectivity index (χ0n) is 10.4. The molecule has 0 aliphatic rings. The topological polar surface area (TPSA) is 27.7 Å². The molecule has 17 heavy (non-hydrogen) atoms. The lowest BCUT2D eigenvalue weighted by atomic mass is 10.1. The highest BCUT2D eigenvalue weighted by Crippen LogP contribution is 2.30. The third kappa shape index (κ3) is 3.36. The molecular weight excluding hydrogens is 216 g/mol. The minimum absolute atomic E-state index is 0.500. The fourth-order valence-electron chi connectivity index (χ4n) is 1.45. The van der Waals surface area contributed by atoms with E-state index in [-0.39, 0.29) is 0 Å². The van der Waals surface area contributed by atoms with Gasteiger partial charge in [-0.25, -0.2) is 0 Å². The van der Waals surface area contributed by atoms with Crippen LogP contribution in [0, 0.1) is 0 Å². The standard InChI is InChI=1S/C14H18O3/c1-5-11-10-14(17-8-7-15-3)12(6-2)9-13(11)16-4/h5-6,9-10H,1-2,7-8H2,3-4H3. The van der Waals surface area contributed by atoms with E-state index in [1.165, 1.54) is 0 Å². The molecule has 1 rings (SSSR count). The fourth-order valence-corrected chi connectivity index (χ4v) is 1.45. The van der Waals surface area contributed by atoms with E-state index in [4.69, 9.17) is 14.2 Å². The SMILES string of the molecule is C=Cc1cc(OCCOC)c(C=C)cc1OC. The molecule has 0 saturated heterocycles. The lowest BCUT2D eigenvalue weighted by molar-refractivity contribution is 0.146. The van der Waals surface area contributed by atoms with Crippen LogP contribution in [0.4, 0.5) is 0 Å². The van der Waals surface area contributed by atoms with Crippen LogP contribution in [0.15, 0.2) is 25.3 Å². The minimum Gasteiger partial charge on any atom is -0.496 e. The largest absolute Gasteiger partial charge is 0.496 e. The van der Waals surface area contributed by atoms with Gasteiger partial charge in [-0.1, -0.05) is 25.3 Å². The second-order valence-corrected chi connectivity index (χ2v) is 3.38. The maximum Gasteiger partial charge on any atom is 0.127 e. The number of rotatable bonds is 7. The monoisotopic (exact) mass is 234 g/mol. The highest BCUT2D eigenvalue weighted by molar-refractivity contribution is 5.66. The lowest BCUT2D eigenvalue weighted by Crippen LogP contribution is -2.05. The summed E-state index contributed by atoms with van der Waals surface area (Å²) in [6.07, 6.45) is 3.46. The first-order chi connectivity index (χ1) is 8.26. The van der Waals surface area contributed by atoms with Crippen molar-refractivity contribution in [2.24, 2.45) is 0 Å². The number of ether oxygens (including phenoxy) is 3. The maximum atomic E-state index is 5.61. The van der Waals surface area contributed by atoms with E-state index < -0.39 is 0 Å². The first-order valence-electron chi connectivity index (χ1n) is 5.35. The van der Waals surface area contributed by atoms with Crippen LogP contribution in [0.5, 0.6) is 11.5 Å². The van der Waals surface area contributed by atoms with Crippen molar-refractivity contribution in [3.8, 4) is 11.5 Å². The van der Waals surface area contributed by atoms with E-state index in [1.807, 2.05) is 12.1 Å². The van der Waals surface area contributed by atoms with Crippen molar-refractivity contribution in [1.29, 1.82) is 0 Å². The summed E-state index contributed by atoms with van der Waals surface area (Å²) >= 11 is 0. The van der Waals surface area contributed by atoms with Crippen molar-refractivity contribution in [3.05, 3.63) is 36.4 Å². The Morgan fingerprint density at radius 3 is 2.12 bits per heavy atom. The van der Waals surface area contributed by atoms with Gasteiger partial charge < -0.3 is 14.2 Å². The molecule has 0 bridgehead atoms. The molecule has 0 heterocycles. The summed E-state index contributed by atoms with van der Waals surface area (Å²) in [5, 5.41) is 0. The smallest absolute Gasteiger partial charge is 0.127 e. The van der Waals surface area contributed by atoms with E-state index >= 15 is 0 Å². The molecule has 1 aromatic carbocycles. The molecule has 1 aromatic rings. The van der Waals surface area contributed by atoms with Gasteiger partial charge in [0.2, 0.25) is 0 Å². The van der Waals surface area contributed by atoms with Crippen LogP contribution in [-0.2, 0) is 4.74 Å². The van der Waals surface area contributed by atoms with Crippen LogP contribution in [-0.4, -0.2) is 27.4 Å². The molecule has 3 nitrogen and oxygen atoms in total. The summed E-state index contributed by atoms with van der Waals surface area (Å²) in [6, 6.07) is 3.77. The van der Waals surface area contributed by atoms with Crippen LogP contribution < -0.4 is 9.47 Å². The molecule has 0 amide bonds. The molecule has 0 radical (unpaired) electrons. The van der Waals surface area contributed by atoms with Crippen LogP contribution >= 0.6 is 0 Å². The van der Waals surface area contributed by atoms with Gasteiger partial charge in [0.25, 0.3) is 0 Å². The molecule has 0 aliphatic heterocycles. The summed E-state index contributed by atoms with van der Waals surface area (Å²) in [5.74, 6) is 1.52. The van der Waals surface area contributed by atoms with Crippen LogP contribution in [0.3, 0.4) is 0 Å². The van der Waals surface area contributed by atoms with Gasteiger partial charge in [0.15, 0.2) is 0 Å². The van der Waals surface area contributed by atoms with Crippen molar-refractivity contribution in [1.82, 2.24) is 0 Å². The Balaban J connectivity index is 3.01. The first kappa shape index (κ1) is 13.3. The molecule has 0 aromatic heterocycles. The van der Waals surface area contributed by atoms with Crippen LogP contribution in [0.2, 0.25) is 0 Å². The zero-order valence-corrected chi connectivity index (χ0v) is 10.4. The van der Waals surface area contributed by atoms with Gasteiger partial charge in [-0.05, 0) is 12.1 Å². The van der Waals surface area contributed by atoms with Gasteiger partial charge in [-0.2, -0.15) is 0 Å². The highest BCUT2D eigenvalue weighted by atomic mass is 16.5. The van der Waals surface area contributed by atoms with E-state index in [9.17, 15) is 0 Å². The molecule has 3 heteroatoms. The highest BCUT2D eigenvalue weighted by Gasteiger charge is 2.07. The van der Waals surface area contributed by atoms with Gasteiger partial charge in [0, 0.05) is 18.2 Å². The number of hydrogen-bond acceptors (Lipinski definition) is 3. The Hall–Kier alpha value is -1.74. The molecule has 92 valence electrons. The quantitative estimate of drug-likeness (QED) is 0.679. The summed E-state index contributed by atoms with van der Waals surface area (Å²) in [6.45, 7) is 8.55. The number of hydrogen-bond donors (Lipinski definition) is 0. The van der Waals surface area contributed by atoms with Gasteiger partial charge in [-0.15, -0.1) is 0 Å². The predicted molar refractivity (Wildman–Crippen MR) is 70.5 cm³/mol. The summed E-state index contributed by atoms with van der Waals surface area (Å²) in [7, 11) is 3.27. The predicted octanol–water partition coefficient (Wildman–Crippen LogP) is 3.01. The van der Waals surface area contributed by atoms with E-state index in [0.29, 0.717) is 13.2 Å². The zero-order chi connectivity index (χ0) is 12.7. The second kappa shape index (κ2) is 6.76. The van der Waals surface area contributed by atoms with E-state index in [2.05, 4.69) is 13.2 Å². The average Bonchev–Trinajstić information content (AvgIpc) is 2.38. The van der Waals surface area contributed by atoms with Crippen molar-refractivity contribution in [2.75, 3.05) is 27.4 Å². The van der Waals surface area contributed by atoms with E-state index in [0.717, 1.165) is 22.6 Å². The van der Waals surface area contributed by atoms with Gasteiger partial charge in [-0.3, -0.25) is 0 Å². The molecule has 0 spiro atoms. The van der Waals surface area contributed by atoms with Gasteiger partial charge in [0.05, 0.1) is 13.7 Å². The lowest BCUT2D eigenvalue weighted by Gasteiger charge is -2.13. The third-order valence-electron chi connectivity index (χ3n) is 2.35. The molecule has 0 atom stereocenters. The maximum absolute atomic E-state index is 5.61. The number of benzene rings is 1. The summed E-state index contributed by atoms with van der Waals surface area (Å²) < 4.78 is 15.8. The fraction of sp³-hybridized carbons (Fsp3) is 0.286. The molecule has 0 fully saturated rings. The first-order valence-corrected chi connectivity index (χ1v) is 5.35. The summed E-state index contributed by atoms with van der Waals surface area (Å²) in [4.78, 5) is 0. The van der Waals surface area contributed by atoms with Crippen molar-refractivity contribution in [2.45, 2.75) is 0 Å². The van der Waals surface area contributed by atoms with Gasteiger partial charge >= 0.3 is 0 Å².